The molecule has 0 spiro atoms. The van der Waals surface area contributed by atoms with Crippen LogP contribution in [0.3, 0.4) is 0 Å². The summed E-state index contributed by atoms with van der Waals surface area (Å²) in [5.74, 6) is 0.0282. The molecule has 0 bridgehead atoms. The first kappa shape index (κ1) is 22.8. The third kappa shape index (κ3) is 6.50. The number of rotatable bonds is 6. The zero-order valence-corrected chi connectivity index (χ0v) is 18.6. The van der Waals surface area contributed by atoms with E-state index in [9.17, 15) is 9.59 Å². The summed E-state index contributed by atoms with van der Waals surface area (Å²) in [5.41, 5.74) is 2.02. The molecular formula is C23H29ClN2O3. The molecule has 0 aliphatic heterocycles. The topological polar surface area (TPSA) is 67.4 Å². The molecule has 0 heterocycles. The van der Waals surface area contributed by atoms with E-state index in [1.807, 2.05) is 38.1 Å². The van der Waals surface area contributed by atoms with E-state index in [1.165, 1.54) is 5.56 Å². The Morgan fingerprint density at radius 1 is 1.00 bits per heavy atom. The maximum Gasteiger partial charge on any atom is 0.265 e. The van der Waals surface area contributed by atoms with E-state index in [2.05, 4.69) is 31.4 Å². The van der Waals surface area contributed by atoms with E-state index in [-0.39, 0.29) is 23.3 Å². The molecule has 2 aromatic rings. The van der Waals surface area contributed by atoms with Gasteiger partial charge in [-0.15, -0.1) is 0 Å². The molecule has 0 aliphatic rings. The highest BCUT2D eigenvalue weighted by Gasteiger charge is 2.18. The number of carbonyl (C=O) groups is 2. The highest BCUT2D eigenvalue weighted by molar-refractivity contribution is 6.34. The SMILES string of the molecule is CC(C)NC(=O)c1ccc(Cl)c(NC(=O)C(C)Oc2ccc(C(C)(C)C)cc2)c1. The monoisotopic (exact) mass is 416 g/mol. The lowest BCUT2D eigenvalue weighted by molar-refractivity contribution is -0.122. The molecular weight excluding hydrogens is 388 g/mol. The second-order valence-electron chi connectivity index (χ2n) is 8.35. The Morgan fingerprint density at radius 2 is 1.62 bits per heavy atom. The Bertz CT molecular complexity index is 871. The van der Waals surface area contributed by atoms with Crippen LogP contribution in [0.4, 0.5) is 5.69 Å². The van der Waals surface area contributed by atoms with Crippen molar-refractivity contribution >= 4 is 29.1 Å². The highest BCUT2D eigenvalue weighted by Crippen LogP contribution is 2.26. The summed E-state index contributed by atoms with van der Waals surface area (Å²) in [4.78, 5) is 24.7. The highest BCUT2D eigenvalue weighted by atomic mass is 35.5. The molecule has 0 aromatic heterocycles. The number of ether oxygens (including phenoxy) is 1. The Hall–Kier alpha value is -2.53. The standard InChI is InChI=1S/C23H29ClN2O3/c1-14(2)25-22(28)16-7-12-19(24)20(13-16)26-21(27)15(3)29-18-10-8-17(9-11-18)23(4,5)6/h7-15H,1-6H3,(H,25,28)(H,26,27). The summed E-state index contributed by atoms with van der Waals surface area (Å²) >= 11 is 6.19. The van der Waals surface area contributed by atoms with Crippen LogP contribution in [0.1, 0.15) is 57.5 Å². The van der Waals surface area contributed by atoms with Crippen LogP contribution in [0.25, 0.3) is 0 Å². The number of carbonyl (C=O) groups excluding carboxylic acids is 2. The third-order valence-electron chi connectivity index (χ3n) is 4.31. The van der Waals surface area contributed by atoms with Gasteiger partial charge in [-0.3, -0.25) is 9.59 Å². The Labute approximate surface area is 177 Å². The van der Waals surface area contributed by atoms with Crippen LogP contribution in [-0.4, -0.2) is 24.0 Å². The predicted octanol–water partition coefficient (Wildman–Crippen LogP) is 5.18. The van der Waals surface area contributed by atoms with Gasteiger partial charge in [-0.2, -0.15) is 0 Å². The molecule has 0 fully saturated rings. The largest absolute Gasteiger partial charge is 0.481 e. The summed E-state index contributed by atoms with van der Waals surface area (Å²) in [6.45, 7) is 11.8. The van der Waals surface area contributed by atoms with Gasteiger partial charge in [-0.05, 0) is 62.1 Å². The molecule has 0 saturated carbocycles. The van der Waals surface area contributed by atoms with Gasteiger partial charge < -0.3 is 15.4 Å². The smallest absolute Gasteiger partial charge is 0.265 e. The molecule has 29 heavy (non-hydrogen) atoms. The van der Waals surface area contributed by atoms with Crippen molar-refractivity contribution in [2.75, 3.05) is 5.32 Å². The predicted molar refractivity (Wildman–Crippen MR) is 118 cm³/mol. The number of amides is 2. The maximum atomic E-state index is 12.6. The fourth-order valence-corrected chi connectivity index (χ4v) is 2.80. The van der Waals surface area contributed by atoms with Crippen molar-refractivity contribution in [1.82, 2.24) is 5.32 Å². The van der Waals surface area contributed by atoms with Crippen molar-refractivity contribution in [2.24, 2.45) is 0 Å². The normalized spacial score (nSPS) is 12.4. The number of benzene rings is 2. The average Bonchev–Trinajstić information content (AvgIpc) is 2.62. The van der Waals surface area contributed by atoms with Gasteiger partial charge in [-0.25, -0.2) is 0 Å². The fraction of sp³-hybridized carbons (Fsp3) is 0.391. The van der Waals surface area contributed by atoms with Crippen molar-refractivity contribution in [3.8, 4) is 5.75 Å². The molecule has 1 unspecified atom stereocenters. The van der Waals surface area contributed by atoms with E-state index in [0.29, 0.717) is 22.0 Å². The van der Waals surface area contributed by atoms with Gasteiger partial charge in [0, 0.05) is 11.6 Å². The van der Waals surface area contributed by atoms with Crippen molar-refractivity contribution < 1.29 is 14.3 Å². The van der Waals surface area contributed by atoms with E-state index >= 15 is 0 Å². The Balaban J connectivity index is 2.06. The summed E-state index contributed by atoms with van der Waals surface area (Å²) in [6, 6.07) is 12.5. The fourth-order valence-electron chi connectivity index (χ4n) is 2.63. The summed E-state index contributed by atoms with van der Waals surface area (Å²) in [5, 5.41) is 5.90. The lowest BCUT2D eigenvalue weighted by Crippen LogP contribution is -2.31. The molecule has 0 aliphatic carbocycles. The van der Waals surface area contributed by atoms with Gasteiger partial charge in [0.05, 0.1) is 10.7 Å². The van der Waals surface area contributed by atoms with Crippen LogP contribution in [0, 0.1) is 0 Å². The molecule has 1 atom stereocenters. The molecule has 6 heteroatoms. The number of hydrogen-bond acceptors (Lipinski definition) is 3. The van der Waals surface area contributed by atoms with Crippen LogP contribution in [-0.2, 0) is 10.2 Å². The molecule has 0 radical (unpaired) electrons. The van der Waals surface area contributed by atoms with Gasteiger partial charge in [0.25, 0.3) is 11.8 Å². The molecule has 156 valence electrons. The maximum absolute atomic E-state index is 12.6. The second-order valence-corrected chi connectivity index (χ2v) is 8.75. The molecule has 0 saturated heterocycles. The van der Waals surface area contributed by atoms with Gasteiger partial charge in [-0.1, -0.05) is 44.5 Å². The lowest BCUT2D eigenvalue weighted by Gasteiger charge is -2.20. The van der Waals surface area contributed by atoms with Crippen LogP contribution in [0.15, 0.2) is 42.5 Å². The zero-order chi connectivity index (χ0) is 21.8. The zero-order valence-electron chi connectivity index (χ0n) is 17.8. The van der Waals surface area contributed by atoms with E-state index in [0.717, 1.165) is 0 Å². The summed E-state index contributed by atoms with van der Waals surface area (Å²) in [7, 11) is 0. The second kappa shape index (κ2) is 9.31. The number of anilines is 1. The van der Waals surface area contributed by atoms with Crippen LogP contribution >= 0.6 is 11.6 Å². The van der Waals surface area contributed by atoms with Crippen molar-refractivity contribution in [1.29, 1.82) is 0 Å². The van der Waals surface area contributed by atoms with Crippen LogP contribution in [0.2, 0.25) is 5.02 Å². The molecule has 2 rings (SSSR count). The third-order valence-corrected chi connectivity index (χ3v) is 4.64. The average molecular weight is 417 g/mol. The van der Waals surface area contributed by atoms with Crippen molar-refractivity contribution in [3.63, 3.8) is 0 Å². The van der Waals surface area contributed by atoms with Crippen molar-refractivity contribution in [3.05, 3.63) is 58.6 Å². The van der Waals surface area contributed by atoms with Gasteiger partial charge >= 0.3 is 0 Å². The quantitative estimate of drug-likeness (QED) is 0.681. The molecule has 2 amide bonds. The van der Waals surface area contributed by atoms with Crippen molar-refractivity contribution in [2.45, 2.75) is 59.1 Å². The number of hydrogen-bond donors (Lipinski definition) is 2. The minimum absolute atomic E-state index is 0.00862. The Morgan fingerprint density at radius 3 is 2.17 bits per heavy atom. The van der Waals surface area contributed by atoms with E-state index in [1.54, 1.807) is 25.1 Å². The summed E-state index contributed by atoms with van der Waals surface area (Å²) in [6.07, 6.45) is -0.736. The van der Waals surface area contributed by atoms with Crippen LogP contribution < -0.4 is 15.4 Å². The van der Waals surface area contributed by atoms with E-state index in [4.69, 9.17) is 16.3 Å². The van der Waals surface area contributed by atoms with Gasteiger partial charge in [0.15, 0.2) is 6.10 Å². The summed E-state index contributed by atoms with van der Waals surface area (Å²) < 4.78 is 5.75. The molecule has 5 nitrogen and oxygen atoms in total. The first-order chi connectivity index (χ1) is 13.5. The number of nitrogens with one attached hydrogen (secondary N) is 2. The molecule has 2 aromatic carbocycles. The van der Waals surface area contributed by atoms with Crippen LogP contribution in [0.5, 0.6) is 5.75 Å². The van der Waals surface area contributed by atoms with E-state index < -0.39 is 6.10 Å². The first-order valence-corrected chi connectivity index (χ1v) is 10.0. The minimum atomic E-state index is -0.736. The molecule has 2 N–H and O–H groups in total. The first-order valence-electron chi connectivity index (χ1n) is 9.66. The van der Waals surface area contributed by atoms with Gasteiger partial charge in [0.2, 0.25) is 0 Å². The van der Waals surface area contributed by atoms with Gasteiger partial charge in [0.1, 0.15) is 5.75 Å². The Kier molecular flexibility index (Phi) is 7.31. The minimum Gasteiger partial charge on any atom is -0.481 e. The number of halogens is 1. The lowest BCUT2D eigenvalue weighted by atomic mass is 9.87.